The van der Waals surface area contributed by atoms with Crippen molar-refractivity contribution in [3.05, 3.63) is 23.3 Å². The van der Waals surface area contributed by atoms with E-state index in [2.05, 4.69) is 0 Å². The molecule has 1 atom stereocenters. The van der Waals surface area contributed by atoms with E-state index >= 15 is 0 Å². The number of carbonyl (C=O) groups excluding carboxylic acids is 2. The first-order valence-electron chi connectivity index (χ1n) is 5.86. The van der Waals surface area contributed by atoms with Crippen LogP contribution in [0, 0.1) is 5.92 Å². The van der Waals surface area contributed by atoms with Gasteiger partial charge in [0.15, 0.2) is 5.78 Å². The molecule has 2 rings (SSSR count). The van der Waals surface area contributed by atoms with Crippen molar-refractivity contribution in [1.29, 1.82) is 0 Å². The third kappa shape index (κ3) is 1.98. The minimum atomic E-state index is -0.244. The molecular weight excluding hydrogens is 232 g/mol. The maximum atomic E-state index is 12.2. The zero-order chi connectivity index (χ0) is 13.3. The molecule has 0 N–H and O–H groups in total. The molecule has 0 amide bonds. The molecule has 0 spiro atoms. The van der Waals surface area contributed by atoms with Crippen LogP contribution < -0.4 is 9.47 Å². The van der Waals surface area contributed by atoms with Gasteiger partial charge in [-0.25, -0.2) is 0 Å². The zero-order valence-electron chi connectivity index (χ0n) is 10.8. The fraction of sp³-hybridized carbons (Fsp3) is 0.429. The highest BCUT2D eigenvalue weighted by molar-refractivity contribution is 6.04. The quantitative estimate of drug-likeness (QED) is 0.821. The lowest BCUT2D eigenvalue weighted by molar-refractivity contribution is -0.120. The van der Waals surface area contributed by atoms with Crippen LogP contribution in [0.15, 0.2) is 12.1 Å². The van der Waals surface area contributed by atoms with Crippen molar-refractivity contribution in [3.8, 4) is 11.5 Å². The van der Waals surface area contributed by atoms with Gasteiger partial charge in [0.2, 0.25) is 0 Å². The second-order valence-corrected chi connectivity index (χ2v) is 4.46. The molecule has 0 saturated carbocycles. The third-order valence-corrected chi connectivity index (χ3v) is 3.41. The number of hydrogen-bond donors (Lipinski definition) is 0. The SMILES string of the molecule is COc1ccc(OC)c2c1CC(C(C)=O)CC2=O. The predicted molar refractivity (Wildman–Crippen MR) is 66.4 cm³/mol. The number of rotatable bonds is 3. The van der Waals surface area contributed by atoms with Gasteiger partial charge in [-0.05, 0) is 25.5 Å². The Labute approximate surface area is 106 Å². The Balaban J connectivity index is 2.56. The van der Waals surface area contributed by atoms with E-state index in [1.807, 2.05) is 0 Å². The number of ether oxygens (including phenoxy) is 2. The highest BCUT2D eigenvalue weighted by atomic mass is 16.5. The predicted octanol–water partition coefficient (Wildman–Crippen LogP) is 2.04. The number of benzene rings is 1. The van der Waals surface area contributed by atoms with Gasteiger partial charge in [-0.2, -0.15) is 0 Å². The summed E-state index contributed by atoms with van der Waals surface area (Å²) in [6.45, 7) is 1.52. The second-order valence-electron chi connectivity index (χ2n) is 4.46. The van der Waals surface area contributed by atoms with Crippen LogP contribution in [0.25, 0.3) is 0 Å². The van der Waals surface area contributed by atoms with E-state index in [9.17, 15) is 9.59 Å². The number of ketones is 2. The minimum Gasteiger partial charge on any atom is -0.496 e. The molecule has 1 aromatic rings. The maximum Gasteiger partial charge on any atom is 0.167 e. The molecule has 0 aromatic heterocycles. The molecular formula is C14H16O4. The highest BCUT2D eigenvalue weighted by Crippen LogP contribution is 2.38. The van der Waals surface area contributed by atoms with Gasteiger partial charge in [0.1, 0.15) is 17.3 Å². The minimum absolute atomic E-state index is 0.0406. The molecule has 1 unspecified atom stereocenters. The Morgan fingerprint density at radius 2 is 1.78 bits per heavy atom. The van der Waals surface area contributed by atoms with Gasteiger partial charge < -0.3 is 9.47 Å². The van der Waals surface area contributed by atoms with Crippen molar-refractivity contribution in [2.75, 3.05) is 14.2 Å². The first kappa shape index (κ1) is 12.6. The molecule has 0 saturated heterocycles. The molecule has 1 aliphatic rings. The molecule has 0 fully saturated rings. The molecule has 0 heterocycles. The van der Waals surface area contributed by atoms with E-state index in [0.717, 1.165) is 5.56 Å². The molecule has 1 aliphatic carbocycles. The van der Waals surface area contributed by atoms with Crippen LogP contribution in [0.4, 0.5) is 0 Å². The molecule has 4 nitrogen and oxygen atoms in total. The monoisotopic (exact) mass is 248 g/mol. The Kier molecular flexibility index (Phi) is 3.36. The molecule has 1 aromatic carbocycles. The zero-order valence-corrected chi connectivity index (χ0v) is 10.8. The van der Waals surface area contributed by atoms with E-state index in [1.54, 1.807) is 19.2 Å². The first-order valence-corrected chi connectivity index (χ1v) is 5.86. The van der Waals surface area contributed by atoms with Gasteiger partial charge in [0.25, 0.3) is 0 Å². The van der Waals surface area contributed by atoms with Crippen molar-refractivity contribution in [1.82, 2.24) is 0 Å². The van der Waals surface area contributed by atoms with E-state index in [1.165, 1.54) is 14.0 Å². The van der Waals surface area contributed by atoms with Crippen LogP contribution in [0.3, 0.4) is 0 Å². The first-order chi connectivity index (χ1) is 8.58. The van der Waals surface area contributed by atoms with E-state index < -0.39 is 0 Å². The van der Waals surface area contributed by atoms with Gasteiger partial charge in [-0.1, -0.05) is 0 Å². The van der Waals surface area contributed by atoms with Crippen molar-refractivity contribution in [2.24, 2.45) is 5.92 Å². The van der Waals surface area contributed by atoms with E-state index in [4.69, 9.17) is 9.47 Å². The number of hydrogen-bond acceptors (Lipinski definition) is 4. The average Bonchev–Trinajstić information content (AvgIpc) is 2.37. The molecule has 4 heteroatoms. The van der Waals surface area contributed by atoms with Crippen molar-refractivity contribution in [2.45, 2.75) is 19.8 Å². The van der Waals surface area contributed by atoms with E-state index in [0.29, 0.717) is 23.5 Å². The number of carbonyl (C=O) groups is 2. The topological polar surface area (TPSA) is 52.6 Å². The lowest BCUT2D eigenvalue weighted by Gasteiger charge is -2.24. The summed E-state index contributed by atoms with van der Waals surface area (Å²) in [5, 5.41) is 0. The smallest absolute Gasteiger partial charge is 0.167 e. The van der Waals surface area contributed by atoms with Crippen LogP contribution in [0.5, 0.6) is 11.5 Å². The van der Waals surface area contributed by atoms with Gasteiger partial charge in [-0.15, -0.1) is 0 Å². The Morgan fingerprint density at radius 1 is 1.17 bits per heavy atom. The summed E-state index contributed by atoms with van der Waals surface area (Å²) in [5.74, 6) is 0.944. The third-order valence-electron chi connectivity index (χ3n) is 3.41. The summed E-state index contributed by atoms with van der Waals surface area (Å²) in [5.41, 5.74) is 1.35. The highest BCUT2D eigenvalue weighted by Gasteiger charge is 2.32. The van der Waals surface area contributed by atoms with Crippen molar-refractivity contribution < 1.29 is 19.1 Å². The molecule has 0 radical (unpaired) electrons. The molecule has 18 heavy (non-hydrogen) atoms. The summed E-state index contributed by atoms with van der Waals surface area (Å²) in [7, 11) is 3.09. The standard InChI is InChI=1S/C14H16O4/c1-8(15)9-6-10-12(17-2)4-5-13(18-3)14(10)11(16)7-9/h4-5,9H,6-7H2,1-3H3. The lowest BCUT2D eigenvalue weighted by Crippen LogP contribution is -2.26. The molecule has 0 aliphatic heterocycles. The molecule has 96 valence electrons. The van der Waals surface area contributed by atoms with Crippen LogP contribution >= 0.6 is 0 Å². The number of Topliss-reactive ketones (excluding diaryl/α,β-unsaturated/α-hetero) is 2. The van der Waals surface area contributed by atoms with Crippen molar-refractivity contribution >= 4 is 11.6 Å². The van der Waals surface area contributed by atoms with Crippen LogP contribution in [-0.4, -0.2) is 25.8 Å². The second kappa shape index (κ2) is 4.80. The van der Waals surface area contributed by atoms with Gasteiger partial charge in [0.05, 0.1) is 19.8 Å². The molecule has 0 bridgehead atoms. The number of methoxy groups -OCH3 is 2. The summed E-state index contributed by atoms with van der Waals surface area (Å²) < 4.78 is 10.5. The summed E-state index contributed by atoms with van der Waals surface area (Å²) in [4.78, 5) is 23.6. The number of fused-ring (bicyclic) bond motifs is 1. The van der Waals surface area contributed by atoms with Crippen molar-refractivity contribution in [3.63, 3.8) is 0 Å². The van der Waals surface area contributed by atoms with Gasteiger partial charge in [-0.3, -0.25) is 9.59 Å². The average molecular weight is 248 g/mol. The largest absolute Gasteiger partial charge is 0.496 e. The normalized spacial score (nSPS) is 18.2. The van der Waals surface area contributed by atoms with Gasteiger partial charge >= 0.3 is 0 Å². The fourth-order valence-electron chi connectivity index (χ4n) is 2.41. The Bertz CT molecular complexity index is 505. The van der Waals surface area contributed by atoms with Crippen LogP contribution in [0.1, 0.15) is 29.3 Å². The van der Waals surface area contributed by atoms with Gasteiger partial charge in [0, 0.05) is 17.9 Å². The lowest BCUT2D eigenvalue weighted by atomic mass is 9.80. The Morgan fingerprint density at radius 3 is 2.33 bits per heavy atom. The fourth-order valence-corrected chi connectivity index (χ4v) is 2.41. The summed E-state index contributed by atoms with van der Waals surface area (Å²) in [6, 6.07) is 3.50. The summed E-state index contributed by atoms with van der Waals surface area (Å²) in [6.07, 6.45) is 0.794. The summed E-state index contributed by atoms with van der Waals surface area (Å²) >= 11 is 0. The van der Waals surface area contributed by atoms with Crippen LogP contribution in [0.2, 0.25) is 0 Å². The van der Waals surface area contributed by atoms with E-state index in [-0.39, 0.29) is 23.9 Å². The van der Waals surface area contributed by atoms with Crippen LogP contribution in [-0.2, 0) is 11.2 Å². The Hall–Kier alpha value is -1.84. The maximum absolute atomic E-state index is 12.2.